The molecule has 4 nitrogen and oxygen atoms in total. The molecule has 1 aromatic heterocycles. The number of nitrogens with zero attached hydrogens (tertiary/aromatic N) is 2. The van der Waals surface area contributed by atoms with E-state index < -0.39 is 0 Å². The number of nitrogens with one attached hydrogen (secondary N) is 1. The van der Waals surface area contributed by atoms with Gasteiger partial charge in [0.05, 0.1) is 26.7 Å². The molecule has 0 spiro atoms. The number of aromatic nitrogens is 2. The third kappa shape index (κ3) is 2.59. The van der Waals surface area contributed by atoms with Gasteiger partial charge in [0, 0.05) is 0 Å². The molecule has 1 aromatic carbocycles. The van der Waals surface area contributed by atoms with Crippen LogP contribution < -0.4 is 11.3 Å². The molecule has 2 aromatic rings. The van der Waals surface area contributed by atoms with Crippen molar-refractivity contribution in [2.75, 3.05) is 0 Å². The zero-order valence-corrected chi connectivity index (χ0v) is 11.3. The summed E-state index contributed by atoms with van der Waals surface area (Å²) in [7, 11) is 0. The summed E-state index contributed by atoms with van der Waals surface area (Å²) in [6.07, 6.45) is 0. The summed E-state index contributed by atoms with van der Waals surface area (Å²) in [4.78, 5) is 0.964. The third-order valence-electron chi connectivity index (χ3n) is 2.39. The standard InChI is InChI=1S/C10H10Cl2N4S/c1-5-10(17-16-15-5)9(14-13)6-2-3-7(11)8(12)4-6/h2-4,9,14H,13H2,1H3. The number of nitrogens with two attached hydrogens (primary N) is 1. The van der Waals surface area contributed by atoms with Crippen molar-refractivity contribution in [2.45, 2.75) is 13.0 Å². The Hall–Kier alpha value is -0.720. The van der Waals surface area contributed by atoms with E-state index in [9.17, 15) is 0 Å². The molecule has 1 heterocycles. The zero-order valence-electron chi connectivity index (χ0n) is 8.95. The molecular weight excluding hydrogens is 279 g/mol. The Kier molecular flexibility index (Phi) is 3.96. The van der Waals surface area contributed by atoms with Crippen LogP contribution in [0.4, 0.5) is 0 Å². The van der Waals surface area contributed by atoms with E-state index in [0.717, 1.165) is 16.1 Å². The molecule has 1 atom stereocenters. The summed E-state index contributed by atoms with van der Waals surface area (Å²) in [5.41, 5.74) is 4.51. The first-order valence-corrected chi connectivity index (χ1v) is 6.36. The third-order valence-corrected chi connectivity index (χ3v) is 4.02. The first-order valence-electron chi connectivity index (χ1n) is 4.83. The lowest BCUT2D eigenvalue weighted by Gasteiger charge is -2.15. The second kappa shape index (κ2) is 5.29. The maximum atomic E-state index is 5.99. The van der Waals surface area contributed by atoms with E-state index in [1.165, 1.54) is 11.5 Å². The lowest BCUT2D eigenvalue weighted by Crippen LogP contribution is -2.28. The van der Waals surface area contributed by atoms with Crippen molar-refractivity contribution in [3.63, 3.8) is 0 Å². The number of halogens is 2. The number of benzene rings is 1. The summed E-state index contributed by atoms with van der Waals surface area (Å²) < 4.78 is 3.89. The van der Waals surface area contributed by atoms with Gasteiger partial charge in [0.15, 0.2) is 0 Å². The molecule has 3 N–H and O–H groups in total. The van der Waals surface area contributed by atoms with Gasteiger partial charge < -0.3 is 0 Å². The van der Waals surface area contributed by atoms with Crippen molar-refractivity contribution in [3.05, 3.63) is 44.4 Å². The van der Waals surface area contributed by atoms with Crippen LogP contribution in [-0.2, 0) is 0 Å². The summed E-state index contributed by atoms with van der Waals surface area (Å²) >= 11 is 13.2. The lowest BCUT2D eigenvalue weighted by molar-refractivity contribution is 0.642. The molecule has 0 bridgehead atoms. The minimum atomic E-state index is -0.176. The van der Waals surface area contributed by atoms with Crippen LogP contribution in [0.25, 0.3) is 0 Å². The van der Waals surface area contributed by atoms with Gasteiger partial charge in [-0.15, -0.1) is 5.10 Å². The number of hydrogen-bond acceptors (Lipinski definition) is 5. The molecule has 1 unspecified atom stereocenters. The molecule has 2 rings (SSSR count). The Labute approximate surface area is 113 Å². The number of rotatable bonds is 3. The van der Waals surface area contributed by atoms with Crippen LogP contribution in [0.5, 0.6) is 0 Å². The van der Waals surface area contributed by atoms with E-state index >= 15 is 0 Å². The second-order valence-electron chi connectivity index (χ2n) is 3.50. The van der Waals surface area contributed by atoms with E-state index in [0.29, 0.717) is 10.0 Å². The molecule has 0 saturated carbocycles. The Bertz CT molecular complexity index is 529. The molecule has 0 saturated heterocycles. The van der Waals surface area contributed by atoms with Crippen molar-refractivity contribution in [1.82, 2.24) is 15.0 Å². The molecule has 0 radical (unpaired) electrons. The van der Waals surface area contributed by atoms with Crippen molar-refractivity contribution >= 4 is 34.7 Å². The van der Waals surface area contributed by atoms with Crippen molar-refractivity contribution in [2.24, 2.45) is 5.84 Å². The summed E-state index contributed by atoms with van der Waals surface area (Å²) in [5, 5.41) is 4.98. The van der Waals surface area contributed by atoms with Gasteiger partial charge in [-0.2, -0.15) is 0 Å². The van der Waals surface area contributed by atoms with E-state index in [1.54, 1.807) is 12.1 Å². The molecule has 17 heavy (non-hydrogen) atoms. The van der Waals surface area contributed by atoms with E-state index in [1.807, 2.05) is 13.0 Å². The molecular formula is C10H10Cl2N4S. The fourth-order valence-corrected chi connectivity index (χ4v) is 2.56. The Morgan fingerprint density at radius 2 is 2.12 bits per heavy atom. The fraction of sp³-hybridized carbons (Fsp3) is 0.200. The van der Waals surface area contributed by atoms with Crippen LogP contribution in [-0.4, -0.2) is 9.59 Å². The first kappa shape index (κ1) is 12.7. The van der Waals surface area contributed by atoms with Gasteiger partial charge in [-0.1, -0.05) is 33.8 Å². The topological polar surface area (TPSA) is 63.8 Å². The molecule has 0 amide bonds. The lowest BCUT2D eigenvalue weighted by atomic mass is 10.1. The maximum Gasteiger partial charge on any atom is 0.0838 e. The molecule has 0 fully saturated rings. The van der Waals surface area contributed by atoms with Crippen molar-refractivity contribution in [3.8, 4) is 0 Å². The van der Waals surface area contributed by atoms with Gasteiger partial charge in [-0.25, -0.2) is 5.43 Å². The SMILES string of the molecule is Cc1nnsc1C(NN)c1ccc(Cl)c(Cl)c1. The van der Waals surface area contributed by atoms with E-state index in [4.69, 9.17) is 29.0 Å². The predicted molar refractivity (Wildman–Crippen MR) is 70.3 cm³/mol. The quantitative estimate of drug-likeness (QED) is 0.673. The Balaban J connectivity index is 2.42. The maximum absolute atomic E-state index is 5.99. The highest BCUT2D eigenvalue weighted by molar-refractivity contribution is 7.05. The fourth-order valence-electron chi connectivity index (χ4n) is 1.52. The molecule has 0 aliphatic heterocycles. The van der Waals surface area contributed by atoms with Gasteiger partial charge in [0.2, 0.25) is 0 Å². The van der Waals surface area contributed by atoms with Crippen molar-refractivity contribution in [1.29, 1.82) is 0 Å². The van der Waals surface area contributed by atoms with Crippen LogP contribution >= 0.6 is 34.7 Å². The largest absolute Gasteiger partial charge is 0.271 e. The number of hydrazine groups is 1. The van der Waals surface area contributed by atoms with Gasteiger partial charge in [0.25, 0.3) is 0 Å². The average molecular weight is 289 g/mol. The van der Waals surface area contributed by atoms with Gasteiger partial charge in [-0.3, -0.25) is 5.84 Å². The highest BCUT2D eigenvalue weighted by Gasteiger charge is 2.18. The summed E-state index contributed by atoms with van der Waals surface area (Å²) in [6.45, 7) is 1.89. The second-order valence-corrected chi connectivity index (χ2v) is 5.10. The summed E-state index contributed by atoms with van der Waals surface area (Å²) in [6, 6.07) is 5.23. The molecule has 7 heteroatoms. The Morgan fingerprint density at radius 1 is 1.35 bits per heavy atom. The Morgan fingerprint density at radius 3 is 2.65 bits per heavy atom. The zero-order chi connectivity index (χ0) is 12.4. The number of hydrogen-bond donors (Lipinski definition) is 2. The number of aryl methyl sites for hydroxylation is 1. The normalized spacial score (nSPS) is 12.7. The van der Waals surface area contributed by atoms with E-state index in [2.05, 4.69) is 15.0 Å². The smallest absolute Gasteiger partial charge is 0.0838 e. The molecule has 90 valence electrons. The van der Waals surface area contributed by atoms with Crippen LogP contribution in [0.15, 0.2) is 18.2 Å². The first-order chi connectivity index (χ1) is 8.13. The van der Waals surface area contributed by atoms with E-state index in [-0.39, 0.29) is 6.04 Å². The summed E-state index contributed by atoms with van der Waals surface area (Å²) in [5.74, 6) is 5.58. The van der Waals surface area contributed by atoms with Crippen LogP contribution in [0.3, 0.4) is 0 Å². The van der Waals surface area contributed by atoms with Crippen LogP contribution in [0.1, 0.15) is 22.2 Å². The van der Waals surface area contributed by atoms with Crippen LogP contribution in [0, 0.1) is 6.92 Å². The molecule has 0 aliphatic carbocycles. The minimum Gasteiger partial charge on any atom is -0.271 e. The highest BCUT2D eigenvalue weighted by atomic mass is 35.5. The molecule has 0 aliphatic rings. The highest BCUT2D eigenvalue weighted by Crippen LogP contribution is 2.30. The van der Waals surface area contributed by atoms with Crippen molar-refractivity contribution < 1.29 is 0 Å². The predicted octanol–water partition coefficient (Wildman–Crippen LogP) is 2.71. The van der Waals surface area contributed by atoms with Gasteiger partial charge in [-0.05, 0) is 36.2 Å². The van der Waals surface area contributed by atoms with Crippen LogP contribution in [0.2, 0.25) is 10.0 Å². The van der Waals surface area contributed by atoms with Gasteiger partial charge in [0.1, 0.15) is 0 Å². The minimum absolute atomic E-state index is 0.176. The average Bonchev–Trinajstić information content (AvgIpc) is 2.71. The monoisotopic (exact) mass is 288 g/mol. The van der Waals surface area contributed by atoms with Gasteiger partial charge >= 0.3 is 0 Å².